The third kappa shape index (κ3) is 3.69. The second-order valence-corrected chi connectivity index (χ2v) is 5.26. The Morgan fingerprint density at radius 3 is 2.65 bits per heavy atom. The minimum absolute atomic E-state index is 0.0539. The summed E-state index contributed by atoms with van der Waals surface area (Å²) in [4.78, 5) is 25.6. The van der Waals surface area contributed by atoms with Crippen LogP contribution in [0.2, 0.25) is 0 Å². The van der Waals surface area contributed by atoms with Crippen molar-refractivity contribution >= 4 is 12.0 Å². The normalized spacial score (nSPS) is 10.3. The molecule has 0 amide bonds. The van der Waals surface area contributed by atoms with Crippen LogP contribution in [0, 0.1) is 10.1 Å². The number of ether oxygens (including phenoxy) is 2. The molecule has 8 nitrogen and oxygen atoms in total. The maximum atomic E-state index is 11.1. The van der Waals surface area contributed by atoms with E-state index >= 15 is 0 Å². The van der Waals surface area contributed by atoms with E-state index in [0.717, 1.165) is 17.4 Å². The molecule has 2 aromatic carbocycles. The topological polar surface area (TPSA) is 105 Å². The number of aldehydes is 1. The SMILES string of the molecule is COc1ccc(-c2nc(COc3ccc([N+](=O)[O-])cc3C=O)co2)cc1. The van der Waals surface area contributed by atoms with Gasteiger partial charge in [-0.1, -0.05) is 0 Å². The molecule has 0 saturated carbocycles. The van der Waals surface area contributed by atoms with Gasteiger partial charge in [0.05, 0.1) is 17.6 Å². The van der Waals surface area contributed by atoms with E-state index in [2.05, 4.69) is 4.98 Å². The fourth-order valence-corrected chi connectivity index (χ4v) is 2.26. The van der Waals surface area contributed by atoms with Crippen molar-refractivity contribution in [2.24, 2.45) is 0 Å². The molecule has 0 bridgehead atoms. The van der Waals surface area contributed by atoms with Crippen LogP contribution in [0.5, 0.6) is 11.5 Å². The van der Waals surface area contributed by atoms with Crippen molar-refractivity contribution in [1.29, 1.82) is 0 Å². The first-order chi connectivity index (χ1) is 12.6. The third-order valence-corrected chi connectivity index (χ3v) is 3.60. The predicted octanol–water partition coefficient (Wildman–Crippen LogP) is 3.65. The highest BCUT2D eigenvalue weighted by molar-refractivity contribution is 5.80. The molecule has 1 aromatic heterocycles. The molecule has 0 spiro atoms. The van der Waals surface area contributed by atoms with Crippen molar-refractivity contribution in [2.45, 2.75) is 6.61 Å². The monoisotopic (exact) mass is 354 g/mol. The van der Waals surface area contributed by atoms with Gasteiger partial charge in [0.1, 0.15) is 30.1 Å². The van der Waals surface area contributed by atoms with Gasteiger partial charge in [-0.25, -0.2) is 4.98 Å². The van der Waals surface area contributed by atoms with Gasteiger partial charge in [-0.15, -0.1) is 0 Å². The summed E-state index contributed by atoms with van der Waals surface area (Å²) in [6.07, 6.45) is 1.96. The maximum Gasteiger partial charge on any atom is 0.270 e. The second-order valence-electron chi connectivity index (χ2n) is 5.26. The molecule has 0 N–H and O–H groups in total. The van der Waals surface area contributed by atoms with E-state index in [1.54, 1.807) is 19.2 Å². The Hall–Kier alpha value is -3.68. The molecule has 26 heavy (non-hydrogen) atoms. The van der Waals surface area contributed by atoms with Crippen LogP contribution in [0.1, 0.15) is 16.1 Å². The Morgan fingerprint density at radius 2 is 2.00 bits per heavy atom. The number of non-ortho nitro benzene ring substituents is 1. The lowest BCUT2D eigenvalue weighted by molar-refractivity contribution is -0.384. The molecule has 0 aliphatic rings. The molecule has 0 aliphatic heterocycles. The summed E-state index contributed by atoms with van der Waals surface area (Å²) in [7, 11) is 1.58. The van der Waals surface area contributed by atoms with Gasteiger partial charge in [0.25, 0.3) is 5.69 Å². The Bertz CT molecular complexity index is 933. The van der Waals surface area contributed by atoms with Crippen molar-refractivity contribution in [3.05, 3.63) is 70.1 Å². The van der Waals surface area contributed by atoms with Gasteiger partial charge >= 0.3 is 0 Å². The van der Waals surface area contributed by atoms with E-state index in [4.69, 9.17) is 13.9 Å². The third-order valence-electron chi connectivity index (χ3n) is 3.60. The van der Waals surface area contributed by atoms with Crippen LogP contribution in [0.25, 0.3) is 11.5 Å². The molecule has 8 heteroatoms. The average molecular weight is 354 g/mol. The average Bonchev–Trinajstić information content (AvgIpc) is 3.15. The van der Waals surface area contributed by atoms with E-state index < -0.39 is 4.92 Å². The number of nitro groups is 1. The van der Waals surface area contributed by atoms with Crippen LogP contribution in [-0.4, -0.2) is 23.3 Å². The molecular weight excluding hydrogens is 340 g/mol. The molecule has 0 saturated heterocycles. The van der Waals surface area contributed by atoms with E-state index in [1.807, 2.05) is 12.1 Å². The van der Waals surface area contributed by atoms with Crippen LogP contribution in [-0.2, 0) is 6.61 Å². The van der Waals surface area contributed by atoms with Crippen molar-refractivity contribution in [3.8, 4) is 23.0 Å². The molecule has 1 heterocycles. The van der Waals surface area contributed by atoms with Crippen LogP contribution >= 0.6 is 0 Å². The number of nitro benzene ring substituents is 1. The summed E-state index contributed by atoms with van der Waals surface area (Å²) in [6.45, 7) is 0.0539. The highest BCUT2D eigenvalue weighted by Crippen LogP contribution is 2.25. The largest absolute Gasteiger partial charge is 0.497 e. The zero-order chi connectivity index (χ0) is 18.5. The Kier molecular flexibility index (Phi) is 4.93. The number of nitrogens with zero attached hydrogens (tertiary/aromatic N) is 2. The molecule has 0 fully saturated rings. The van der Waals surface area contributed by atoms with Crippen LogP contribution in [0.15, 0.2) is 53.1 Å². The molecule has 3 aromatic rings. The number of aromatic nitrogens is 1. The molecule has 3 rings (SSSR count). The lowest BCUT2D eigenvalue weighted by Crippen LogP contribution is -1.99. The molecule has 0 unspecified atom stereocenters. The van der Waals surface area contributed by atoms with Crippen LogP contribution in [0.3, 0.4) is 0 Å². The quantitative estimate of drug-likeness (QED) is 0.362. The van der Waals surface area contributed by atoms with E-state index in [-0.39, 0.29) is 23.6 Å². The summed E-state index contributed by atoms with van der Waals surface area (Å²) in [5.74, 6) is 1.38. The van der Waals surface area contributed by atoms with E-state index in [0.29, 0.717) is 17.9 Å². The smallest absolute Gasteiger partial charge is 0.270 e. The highest BCUT2D eigenvalue weighted by Gasteiger charge is 2.13. The zero-order valence-corrected chi connectivity index (χ0v) is 13.7. The lowest BCUT2D eigenvalue weighted by atomic mass is 10.2. The minimum Gasteiger partial charge on any atom is -0.497 e. The summed E-state index contributed by atoms with van der Waals surface area (Å²) >= 11 is 0. The van der Waals surface area contributed by atoms with Gasteiger partial charge in [-0.3, -0.25) is 14.9 Å². The van der Waals surface area contributed by atoms with Gasteiger partial charge < -0.3 is 13.9 Å². The second kappa shape index (κ2) is 7.47. The predicted molar refractivity (Wildman–Crippen MR) is 91.3 cm³/mol. The van der Waals surface area contributed by atoms with Gasteiger partial charge in [-0.05, 0) is 30.3 Å². The summed E-state index contributed by atoms with van der Waals surface area (Å²) in [5.41, 5.74) is 1.22. The molecule has 132 valence electrons. The number of rotatable bonds is 7. The van der Waals surface area contributed by atoms with E-state index in [9.17, 15) is 14.9 Å². The molecule has 0 radical (unpaired) electrons. The number of carbonyl (C=O) groups excluding carboxylic acids is 1. The fraction of sp³-hybridized carbons (Fsp3) is 0.111. The van der Waals surface area contributed by atoms with Crippen molar-refractivity contribution in [2.75, 3.05) is 7.11 Å². The number of hydrogen-bond donors (Lipinski definition) is 0. The van der Waals surface area contributed by atoms with E-state index in [1.165, 1.54) is 18.4 Å². The number of carbonyl (C=O) groups is 1. The minimum atomic E-state index is -0.574. The van der Waals surface area contributed by atoms with Gasteiger partial charge in [0.2, 0.25) is 5.89 Å². The molecule has 0 aliphatic carbocycles. The van der Waals surface area contributed by atoms with Gasteiger partial charge in [-0.2, -0.15) is 0 Å². The number of oxazole rings is 1. The Balaban J connectivity index is 1.71. The summed E-state index contributed by atoms with van der Waals surface area (Å²) in [5, 5.41) is 10.8. The standard InChI is InChI=1S/C18H14N2O6/c1-24-16-5-2-12(3-6-16)18-19-14(11-26-18)10-25-17-7-4-15(20(22)23)8-13(17)9-21/h2-9,11H,10H2,1H3. The first-order valence-electron chi connectivity index (χ1n) is 7.56. The van der Waals surface area contributed by atoms with Crippen molar-refractivity contribution in [3.63, 3.8) is 0 Å². The Labute approximate surface area is 148 Å². The lowest BCUT2D eigenvalue weighted by Gasteiger charge is -2.06. The number of hydrogen-bond acceptors (Lipinski definition) is 7. The summed E-state index contributed by atoms with van der Waals surface area (Å²) < 4.78 is 16.1. The first-order valence-corrected chi connectivity index (χ1v) is 7.56. The molecule has 0 atom stereocenters. The van der Waals surface area contributed by atoms with Crippen LogP contribution in [0.4, 0.5) is 5.69 Å². The zero-order valence-electron chi connectivity index (χ0n) is 13.7. The van der Waals surface area contributed by atoms with Crippen molar-refractivity contribution in [1.82, 2.24) is 4.98 Å². The van der Waals surface area contributed by atoms with Gasteiger partial charge in [0, 0.05) is 17.7 Å². The maximum absolute atomic E-state index is 11.1. The highest BCUT2D eigenvalue weighted by atomic mass is 16.6. The fourth-order valence-electron chi connectivity index (χ4n) is 2.26. The number of methoxy groups -OCH3 is 1. The Morgan fingerprint density at radius 1 is 1.23 bits per heavy atom. The van der Waals surface area contributed by atoms with Crippen molar-refractivity contribution < 1.29 is 23.6 Å². The number of benzene rings is 2. The van der Waals surface area contributed by atoms with Gasteiger partial charge in [0.15, 0.2) is 6.29 Å². The first kappa shape index (κ1) is 17.2. The molecular formula is C18H14N2O6. The van der Waals surface area contributed by atoms with Crippen LogP contribution < -0.4 is 9.47 Å². The summed E-state index contributed by atoms with van der Waals surface area (Å²) in [6, 6.07) is 11.0.